The Kier molecular flexibility index (Phi) is 4.62. The van der Waals surface area contributed by atoms with Crippen LogP contribution in [0.5, 0.6) is 0 Å². The highest BCUT2D eigenvalue weighted by Crippen LogP contribution is 2.22. The van der Waals surface area contributed by atoms with E-state index in [0.717, 1.165) is 21.1 Å². The van der Waals surface area contributed by atoms with Crippen molar-refractivity contribution >= 4 is 34.4 Å². The third kappa shape index (κ3) is 3.42. The quantitative estimate of drug-likeness (QED) is 0.642. The largest absolute Gasteiger partial charge is 0.384 e. The summed E-state index contributed by atoms with van der Waals surface area (Å²) in [5.74, 6) is 0.431. The van der Waals surface area contributed by atoms with Gasteiger partial charge in [0.05, 0.1) is 5.22 Å². The van der Waals surface area contributed by atoms with Crippen molar-refractivity contribution in [1.29, 1.82) is 0 Å². The lowest BCUT2D eigenvalue weighted by molar-refractivity contribution is -0.117. The first-order valence-corrected chi connectivity index (χ1v) is 9.38. The van der Waals surface area contributed by atoms with Crippen molar-refractivity contribution in [1.82, 2.24) is 0 Å². The van der Waals surface area contributed by atoms with E-state index in [1.165, 1.54) is 0 Å². The van der Waals surface area contributed by atoms with Gasteiger partial charge in [-0.2, -0.15) is 0 Å². The van der Waals surface area contributed by atoms with Crippen molar-refractivity contribution in [2.45, 2.75) is 6.04 Å². The van der Waals surface area contributed by atoms with Crippen molar-refractivity contribution in [2.24, 2.45) is 16.5 Å². The first-order valence-electron chi connectivity index (χ1n) is 8.50. The molecule has 3 aromatic rings. The monoisotopic (exact) mass is 377 g/mol. The van der Waals surface area contributed by atoms with E-state index in [2.05, 4.69) is 10.3 Å². The number of nitrogens with two attached hydrogens (primary N) is 2. The van der Waals surface area contributed by atoms with Gasteiger partial charge in [0.1, 0.15) is 23.2 Å². The second kappa shape index (κ2) is 7.22. The number of nitrogens with zero attached hydrogens (tertiary/aromatic N) is 2. The topological polar surface area (TPSA) is 96.7 Å². The van der Waals surface area contributed by atoms with Crippen LogP contribution >= 0.6 is 11.3 Å². The Morgan fingerprint density at radius 3 is 2.59 bits per heavy atom. The zero-order valence-corrected chi connectivity index (χ0v) is 15.3. The number of thiophene rings is 1. The minimum absolute atomic E-state index is 0.254. The molecule has 4 rings (SSSR count). The van der Waals surface area contributed by atoms with E-state index < -0.39 is 6.04 Å². The lowest BCUT2D eigenvalue weighted by atomic mass is 10.1. The molecule has 0 radical (unpaired) electrons. The Morgan fingerprint density at radius 1 is 1.11 bits per heavy atom. The summed E-state index contributed by atoms with van der Waals surface area (Å²) in [5.41, 5.74) is 14.7. The highest BCUT2D eigenvalue weighted by atomic mass is 32.1. The van der Waals surface area contributed by atoms with Crippen LogP contribution in [0.3, 0.4) is 0 Å². The average Bonchev–Trinajstić information content (AvgIpc) is 3.19. The molecule has 1 aromatic heterocycles. The maximum Gasteiger partial charge on any atom is 0.245 e. The van der Waals surface area contributed by atoms with E-state index >= 15 is 0 Å². The van der Waals surface area contributed by atoms with Gasteiger partial charge < -0.3 is 21.7 Å². The van der Waals surface area contributed by atoms with Crippen LogP contribution < -0.4 is 31.6 Å². The van der Waals surface area contributed by atoms with Gasteiger partial charge in [-0.3, -0.25) is 9.79 Å². The number of carbonyl (C=O) groups excluding carboxylic acids is 1. The standard InChI is InChI=1S/C20H19N5OS/c21-17(13-4-2-1-3-5-13)19(26)24-14-6-8-15(9-7-14)25-12-23-20-16(18(25)22)10-11-27-20/h1-11,17H,12,21-22H2,(H,24,26)/t17-/m1/s1. The van der Waals surface area contributed by atoms with Crippen molar-refractivity contribution in [3.05, 3.63) is 81.5 Å². The van der Waals surface area contributed by atoms with E-state index in [0.29, 0.717) is 18.2 Å². The molecule has 1 aliphatic heterocycles. The van der Waals surface area contributed by atoms with Crippen LogP contribution in [0.15, 0.2) is 71.0 Å². The molecule has 0 saturated heterocycles. The lowest BCUT2D eigenvalue weighted by Crippen LogP contribution is -2.41. The molecule has 1 amide bonds. The molecule has 0 saturated carbocycles. The van der Waals surface area contributed by atoms with E-state index in [1.54, 1.807) is 11.3 Å². The van der Waals surface area contributed by atoms with Crippen molar-refractivity contribution in [3.63, 3.8) is 0 Å². The van der Waals surface area contributed by atoms with Crippen LogP contribution in [0.2, 0.25) is 0 Å². The van der Waals surface area contributed by atoms with Crippen molar-refractivity contribution in [2.75, 3.05) is 16.9 Å². The fraction of sp³-hybridized carbons (Fsp3) is 0.100. The summed E-state index contributed by atoms with van der Waals surface area (Å²) in [4.78, 5) is 18.9. The summed E-state index contributed by atoms with van der Waals surface area (Å²) in [6.07, 6.45) is 0. The highest BCUT2D eigenvalue weighted by Gasteiger charge is 2.17. The van der Waals surface area contributed by atoms with Gasteiger partial charge in [0, 0.05) is 11.4 Å². The number of carbonyl (C=O) groups is 1. The Bertz CT molecular complexity index is 1080. The first kappa shape index (κ1) is 17.3. The molecule has 0 unspecified atom stereocenters. The van der Waals surface area contributed by atoms with Gasteiger partial charge in [0.15, 0.2) is 0 Å². The molecule has 136 valence electrons. The molecule has 7 heteroatoms. The summed E-state index contributed by atoms with van der Waals surface area (Å²) in [6.45, 7) is 0.476. The number of benzene rings is 2. The molecule has 1 aliphatic rings. The number of anilines is 2. The molecular weight excluding hydrogens is 358 g/mol. The summed E-state index contributed by atoms with van der Waals surface area (Å²) < 4.78 is 0.961. The molecular formula is C20H19N5OS. The Balaban J connectivity index is 1.49. The summed E-state index contributed by atoms with van der Waals surface area (Å²) in [5, 5.41) is 5.79. The SMILES string of the molecule is NC1=c2ccsc2=NCN1c1ccc(NC(=O)[C@H](N)c2ccccc2)cc1. The van der Waals surface area contributed by atoms with Crippen LogP contribution in [0.1, 0.15) is 11.6 Å². The van der Waals surface area contributed by atoms with Crippen LogP contribution in [0.4, 0.5) is 11.4 Å². The Labute approximate surface area is 160 Å². The number of rotatable bonds is 4. The Hall–Kier alpha value is -3.16. The van der Waals surface area contributed by atoms with Crippen molar-refractivity contribution < 1.29 is 4.79 Å². The second-order valence-corrected chi connectivity index (χ2v) is 7.07. The lowest BCUT2D eigenvalue weighted by Gasteiger charge is -2.25. The number of nitrogens with one attached hydrogen (secondary N) is 1. The molecule has 0 bridgehead atoms. The van der Waals surface area contributed by atoms with Gasteiger partial charge in [-0.15, -0.1) is 11.3 Å². The predicted octanol–water partition coefficient (Wildman–Crippen LogP) is 1.51. The van der Waals surface area contributed by atoms with E-state index in [4.69, 9.17) is 11.5 Å². The molecule has 2 heterocycles. The first-order chi connectivity index (χ1) is 13.1. The zero-order valence-electron chi connectivity index (χ0n) is 14.5. The third-order valence-corrected chi connectivity index (χ3v) is 5.30. The maximum absolute atomic E-state index is 12.4. The summed E-state index contributed by atoms with van der Waals surface area (Å²) >= 11 is 1.58. The van der Waals surface area contributed by atoms with E-state index in [1.807, 2.05) is 70.9 Å². The molecule has 0 spiro atoms. The van der Waals surface area contributed by atoms with Crippen LogP contribution in [0, 0.1) is 0 Å². The van der Waals surface area contributed by atoms with Crippen LogP contribution in [0.25, 0.3) is 5.82 Å². The number of hydrogen-bond acceptors (Lipinski definition) is 6. The molecule has 5 N–H and O–H groups in total. The van der Waals surface area contributed by atoms with Gasteiger partial charge in [0.2, 0.25) is 5.91 Å². The fourth-order valence-corrected chi connectivity index (χ4v) is 3.72. The second-order valence-electron chi connectivity index (χ2n) is 6.18. The fourth-order valence-electron chi connectivity index (χ4n) is 2.95. The van der Waals surface area contributed by atoms with Gasteiger partial charge >= 0.3 is 0 Å². The third-order valence-electron chi connectivity index (χ3n) is 4.45. The normalized spacial score (nSPS) is 14.3. The van der Waals surface area contributed by atoms with Crippen LogP contribution in [-0.4, -0.2) is 12.6 Å². The zero-order chi connectivity index (χ0) is 18.8. The molecule has 1 atom stereocenters. The molecule has 27 heavy (non-hydrogen) atoms. The van der Waals surface area contributed by atoms with Gasteiger partial charge in [-0.1, -0.05) is 30.3 Å². The predicted molar refractivity (Wildman–Crippen MR) is 108 cm³/mol. The average molecular weight is 377 g/mol. The van der Waals surface area contributed by atoms with Crippen LogP contribution in [-0.2, 0) is 4.79 Å². The molecule has 0 fully saturated rings. The smallest absolute Gasteiger partial charge is 0.245 e. The van der Waals surface area contributed by atoms with E-state index in [-0.39, 0.29) is 5.91 Å². The van der Waals surface area contributed by atoms with Crippen molar-refractivity contribution in [3.8, 4) is 0 Å². The van der Waals surface area contributed by atoms with Gasteiger partial charge in [0.25, 0.3) is 0 Å². The number of fused-ring (bicyclic) bond motifs is 1. The van der Waals surface area contributed by atoms with Gasteiger partial charge in [-0.05, 0) is 41.3 Å². The highest BCUT2D eigenvalue weighted by molar-refractivity contribution is 7.07. The number of amides is 1. The molecule has 6 nitrogen and oxygen atoms in total. The Morgan fingerprint density at radius 2 is 1.85 bits per heavy atom. The maximum atomic E-state index is 12.4. The summed E-state index contributed by atoms with van der Waals surface area (Å²) in [7, 11) is 0. The summed E-state index contributed by atoms with van der Waals surface area (Å²) in [6, 6.07) is 18.0. The molecule has 2 aromatic carbocycles. The number of hydrogen-bond donors (Lipinski definition) is 3. The van der Waals surface area contributed by atoms with Gasteiger partial charge in [-0.25, -0.2) is 0 Å². The molecule has 0 aliphatic carbocycles. The minimum atomic E-state index is -0.715. The van der Waals surface area contributed by atoms with E-state index in [9.17, 15) is 4.79 Å². The minimum Gasteiger partial charge on any atom is -0.384 e.